The number of hydrogen-bond acceptors (Lipinski definition) is 4. The van der Waals surface area contributed by atoms with E-state index in [2.05, 4.69) is 89.6 Å². The fourth-order valence-electron chi connectivity index (χ4n) is 4.67. The number of benzene rings is 1. The van der Waals surface area contributed by atoms with Crippen molar-refractivity contribution in [2.75, 3.05) is 39.3 Å². The quantitative estimate of drug-likeness (QED) is 0.133. The van der Waals surface area contributed by atoms with E-state index in [1.165, 1.54) is 17.3 Å². The lowest BCUT2D eigenvalue weighted by molar-refractivity contribution is 0.0947. The van der Waals surface area contributed by atoms with Crippen molar-refractivity contribution in [1.29, 1.82) is 0 Å². The first-order valence-corrected chi connectivity index (χ1v) is 14.3. The average Bonchev–Trinajstić information content (AvgIpc) is 2.93. The third kappa shape index (κ3) is 13.6. The van der Waals surface area contributed by atoms with Crippen LogP contribution in [-0.2, 0) is 6.42 Å². The Labute approximate surface area is 242 Å². The molecule has 1 aliphatic heterocycles. The molecule has 1 atom stereocenters. The van der Waals surface area contributed by atoms with Crippen LogP contribution in [0.4, 0.5) is 0 Å². The van der Waals surface area contributed by atoms with Gasteiger partial charge in [0, 0.05) is 61.9 Å². The molecule has 0 aliphatic carbocycles. The zero-order chi connectivity index (χ0) is 28.3. The zero-order valence-electron chi connectivity index (χ0n) is 24.2. The van der Waals surface area contributed by atoms with Crippen LogP contribution in [0.25, 0.3) is 0 Å². The number of hydrogen-bond donors (Lipinski definition) is 1. The summed E-state index contributed by atoms with van der Waals surface area (Å²) in [6.45, 7) is 20.0. The summed E-state index contributed by atoms with van der Waals surface area (Å²) >= 11 is 6.01. The van der Waals surface area contributed by atoms with Crippen LogP contribution in [0.2, 0.25) is 0 Å². The van der Waals surface area contributed by atoms with Gasteiger partial charge in [0.25, 0.3) is 0 Å². The highest BCUT2D eigenvalue weighted by Crippen LogP contribution is 2.19. The standard InChI is InChI=1S/C34H47ClN4/c1-6-8-10-14-29(3)27-33(28-32-15-11-9-12-16-32)39-25-23-38(24-26-39)22-13-20-37-34(19-21-36-7-2)30(4)17-18-31(5)35/h6-12,14-19,21,33,37H,1-2,13,20,22-28H2,3-5H3/b10-8-,29-14+,30-17+,31-18+,34-19+,36-21?. The highest BCUT2D eigenvalue weighted by Gasteiger charge is 2.24. The van der Waals surface area contributed by atoms with Crippen LogP contribution in [0, 0.1) is 0 Å². The molecule has 0 spiro atoms. The second kappa shape index (κ2) is 19.2. The number of piperazine rings is 1. The van der Waals surface area contributed by atoms with Crippen molar-refractivity contribution in [2.24, 2.45) is 4.99 Å². The summed E-state index contributed by atoms with van der Waals surface area (Å²) in [5.41, 5.74) is 4.99. The Bertz CT molecular complexity index is 1050. The number of rotatable bonds is 16. The molecule has 1 aliphatic rings. The van der Waals surface area contributed by atoms with Crippen molar-refractivity contribution in [3.05, 3.63) is 120 Å². The summed E-state index contributed by atoms with van der Waals surface area (Å²) in [5, 5.41) is 4.34. The molecule has 0 radical (unpaired) electrons. The van der Waals surface area contributed by atoms with Crippen molar-refractivity contribution in [3.63, 3.8) is 0 Å². The van der Waals surface area contributed by atoms with Crippen LogP contribution in [0.1, 0.15) is 39.2 Å². The molecule has 0 amide bonds. The van der Waals surface area contributed by atoms with Crippen LogP contribution >= 0.6 is 11.6 Å². The van der Waals surface area contributed by atoms with Gasteiger partial charge < -0.3 is 10.2 Å². The van der Waals surface area contributed by atoms with E-state index in [0.717, 1.165) is 74.8 Å². The van der Waals surface area contributed by atoms with Gasteiger partial charge in [0.15, 0.2) is 0 Å². The van der Waals surface area contributed by atoms with Crippen LogP contribution in [0.5, 0.6) is 0 Å². The van der Waals surface area contributed by atoms with Crippen molar-refractivity contribution in [1.82, 2.24) is 15.1 Å². The van der Waals surface area contributed by atoms with Gasteiger partial charge in [0.2, 0.25) is 0 Å². The van der Waals surface area contributed by atoms with Gasteiger partial charge in [-0.3, -0.25) is 9.89 Å². The number of allylic oxidation sites excluding steroid dienone is 9. The Balaban J connectivity index is 1.90. The first kappa shape index (κ1) is 32.3. The topological polar surface area (TPSA) is 30.9 Å². The highest BCUT2D eigenvalue weighted by molar-refractivity contribution is 6.29. The third-order valence-corrected chi connectivity index (χ3v) is 6.94. The van der Waals surface area contributed by atoms with Crippen LogP contribution in [-0.4, -0.2) is 61.3 Å². The normalized spacial score (nSPS) is 17.6. The van der Waals surface area contributed by atoms with Gasteiger partial charge in [-0.2, -0.15) is 0 Å². The van der Waals surface area contributed by atoms with Gasteiger partial charge in [0.05, 0.1) is 0 Å². The van der Waals surface area contributed by atoms with Gasteiger partial charge in [-0.1, -0.05) is 91.0 Å². The molecule has 1 saturated heterocycles. The smallest absolute Gasteiger partial charge is 0.0385 e. The molecule has 1 heterocycles. The molecule has 1 N–H and O–H groups in total. The zero-order valence-corrected chi connectivity index (χ0v) is 24.9. The van der Waals surface area contributed by atoms with Gasteiger partial charge >= 0.3 is 0 Å². The summed E-state index contributed by atoms with van der Waals surface area (Å²) in [6.07, 6.45) is 20.6. The van der Waals surface area contributed by atoms with Gasteiger partial charge in [-0.25, -0.2) is 0 Å². The minimum atomic E-state index is 0.509. The van der Waals surface area contributed by atoms with Crippen LogP contribution in [0.3, 0.4) is 0 Å². The molecule has 1 fully saturated rings. The Morgan fingerprint density at radius 2 is 1.74 bits per heavy atom. The van der Waals surface area contributed by atoms with E-state index in [1.54, 1.807) is 6.21 Å². The molecule has 39 heavy (non-hydrogen) atoms. The van der Waals surface area contributed by atoms with E-state index in [-0.39, 0.29) is 0 Å². The summed E-state index contributed by atoms with van der Waals surface area (Å²) in [4.78, 5) is 9.39. The first-order chi connectivity index (χ1) is 18.9. The predicted octanol–water partition coefficient (Wildman–Crippen LogP) is 7.46. The number of nitrogens with zero attached hydrogens (tertiary/aromatic N) is 3. The summed E-state index contributed by atoms with van der Waals surface area (Å²) < 4.78 is 0. The molecule has 1 aromatic rings. The SMILES string of the molecule is C=C/C=C\C=C(/C)CC(Cc1ccccc1)N1CCN(CCCNC(=C/C=NC=C)/C(C)=C/C=C(\C)Cl)CC1. The minimum absolute atomic E-state index is 0.509. The molecule has 1 aromatic carbocycles. The average molecular weight is 547 g/mol. The maximum atomic E-state index is 6.01. The second-order valence-electron chi connectivity index (χ2n) is 10.0. The van der Waals surface area contributed by atoms with Crippen molar-refractivity contribution in [3.8, 4) is 0 Å². The molecule has 5 heteroatoms. The van der Waals surface area contributed by atoms with E-state index >= 15 is 0 Å². The summed E-state index contributed by atoms with van der Waals surface area (Å²) in [7, 11) is 0. The monoisotopic (exact) mass is 546 g/mol. The third-order valence-electron chi connectivity index (χ3n) is 6.81. The Kier molecular flexibility index (Phi) is 15.9. The molecule has 4 nitrogen and oxygen atoms in total. The van der Waals surface area contributed by atoms with Crippen molar-refractivity contribution >= 4 is 17.8 Å². The summed E-state index contributed by atoms with van der Waals surface area (Å²) in [5.74, 6) is 0. The minimum Gasteiger partial charge on any atom is -0.385 e. The molecule has 0 bridgehead atoms. The van der Waals surface area contributed by atoms with Gasteiger partial charge in [-0.05, 0) is 69.9 Å². The highest BCUT2D eigenvalue weighted by atomic mass is 35.5. The lowest BCUT2D eigenvalue weighted by Gasteiger charge is -2.39. The molecular weight excluding hydrogens is 500 g/mol. The van der Waals surface area contributed by atoms with Gasteiger partial charge in [0.1, 0.15) is 0 Å². The maximum absolute atomic E-state index is 6.01. The van der Waals surface area contributed by atoms with E-state index in [9.17, 15) is 0 Å². The number of aliphatic imine (C=N–C) groups is 1. The van der Waals surface area contributed by atoms with Crippen molar-refractivity contribution < 1.29 is 0 Å². The Morgan fingerprint density at radius 1 is 1.00 bits per heavy atom. The first-order valence-electron chi connectivity index (χ1n) is 14.0. The van der Waals surface area contributed by atoms with Crippen LogP contribution < -0.4 is 5.32 Å². The molecular formula is C34H47ClN4. The number of halogens is 1. The van der Waals surface area contributed by atoms with E-state index < -0.39 is 0 Å². The maximum Gasteiger partial charge on any atom is 0.0385 e. The fourth-order valence-corrected chi connectivity index (χ4v) is 4.73. The molecule has 1 unspecified atom stereocenters. The largest absolute Gasteiger partial charge is 0.385 e. The fraction of sp³-hybridized carbons (Fsp3) is 0.382. The number of nitrogens with one attached hydrogen (secondary N) is 1. The van der Waals surface area contributed by atoms with Gasteiger partial charge in [-0.15, -0.1) is 0 Å². The molecule has 2 rings (SSSR count). The molecule has 0 saturated carbocycles. The Morgan fingerprint density at radius 3 is 2.41 bits per heavy atom. The lowest BCUT2D eigenvalue weighted by atomic mass is 9.97. The lowest BCUT2D eigenvalue weighted by Crippen LogP contribution is -2.51. The second-order valence-corrected chi connectivity index (χ2v) is 10.6. The van der Waals surface area contributed by atoms with E-state index in [1.807, 2.05) is 37.3 Å². The van der Waals surface area contributed by atoms with Crippen molar-refractivity contribution in [2.45, 2.75) is 46.1 Å². The predicted molar refractivity (Wildman–Crippen MR) is 172 cm³/mol. The summed E-state index contributed by atoms with van der Waals surface area (Å²) in [6, 6.07) is 11.4. The Hall–Kier alpha value is -2.92. The van der Waals surface area contributed by atoms with E-state index in [0.29, 0.717) is 6.04 Å². The van der Waals surface area contributed by atoms with E-state index in [4.69, 9.17) is 11.6 Å². The molecule has 0 aromatic heterocycles. The van der Waals surface area contributed by atoms with Crippen LogP contribution in [0.15, 0.2) is 119 Å². The molecule has 210 valence electrons.